The summed E-state index contributed by atoms with van der Waals surface area (Å²) in [6.45, 7) is 1.46. The van der Waals surface area contributed by atoms with E-state index in [0.717, 1.165) is 25.1 Å². The molecule has 0 spiro atoms. The summed E-state index contributed by atoms with van der Waals surface area (Å²) < 4.78 is 96.6. The highest BCUT2D eigenvalue weighted by Crippen LogP contribution is 2.34. The number of esters is 2. The number of hydrogen-bond donors (Lipinski definition) is 0. The van der Waals surface area contributed by atoms with Gasteiger partial charge in [0, 0.05) is 16.7 Å². The molecule has 226 valence electrons. The first-order valence-electron chi connectivity index (χ1n) is 12.0. The van der Waals surface area contributed by atoms with Crippen molar-refractivity contribution in [3.05, 3.63) is 78.9 Å². The summed E-state index contributed by atoms with van der Waals surface area (Å²) in [7, 11) is -7.55. The van der Waals surface area contributed by atoms with Gasteiger partial charge in [0.1, 0.15) is 0 Å². The van der Waals surface area contributed by atoms with E-state index in [-0.39, 0.29) is 16.4 Å². The van der Waals surface area contributed by atoms with Crippen molar-refractivity contribution in [3.8, 4) is 11.5 Å². The summed E-state index contributed by atoms with van der Waals surface area (Å²) in [5.41, 5.74) is -3.92. The Bertz CT molecular complexity index is 1740. The number of ether oxygens (including phenoxy) is 4. The molecule has 0 aliphatic heterocycles. The fourth-order valence-electron chi connectivity index (χ4n) is 3.37. The zero-order valence-electron chi connectivity index (χ0n) is 22.1. The van der Waals surface area contributed by atoms with E-state index < -0.39 is 74.5 Å². The van der Waals surface area contributed by atoms with Gasteiger partial charge < -0.3 is 18.9 Å². The second kappa shape index (κ2) is 13.5. The average molecular weight is 661 g/mol. The Morgan fingerprint density at radius 3 is 1.83 bits per heavy atom. The minimum absolute atomic E-state index is 0.0793. The summed E-state index contributed by atoms with van der Waals surface area (Å²) in [5.74, 6) is -3.45. The van der Waals surface area contributed by atoms with Crippen molar-refractivity contribution in [1.82, 2.24) is 0 Å². The van der Waals surface area contributed by atoms with Crippen LogP contribution in [-0.4, -0.2) is 61.3 Å². The lowest BCUT2D eigenvalue weighted by Gasteiger charge is -2.20. The predicted molar refractivity (Wildman–Crippen MR) is 149 cm³/mol. The van der Waals surface area contributed by atoms with Crippen LogP contribution in [0.25, 0.3) is 0 Å². The number of rotatable bonds is 13. The Morgan fingerprint density at radius 1 is 0.762 bits per heavy atom. The molecule has 0 aliphatic carbocycles. The molecule has 42 heavy (non-hydrogen) atoms. The maximum atomic E-state index is 13.3. The highest BCUT2D eigenvalue weighted by atomic mass is 35.7. The SMILES string of the molecule is CCOC(=O)C(Oc1cc(S(=O)(=O)Cl)ccc1OCC(=O)OC(C)S(=O)(=O)c1ccccc1)S(=O)(=O)c1ccccc1. The lowest BCUT2D eigenvalue weighted by atomic mass is 10.3. The quantitative estimate of drug-likeness (QED) is 0.194. The number of carbonyl (C=O) groups is 2. The lowest BCUT2D eigenvalue weighted by molar-refractivity contribution is -0.148. The van der Waals surface area contributed by atoms with Gasteiger partial charge in [0.15, 0.2) is 18.1 Å². The Kier molecular flexibility index (Phi) is 10.6. The van der Waals surface area contributed by atoms with E-state index in [2.05, 4.69) is 0 Å². The molecule has 0 amide bonds. The highest BCUT2D eigenvalue weighted by molar-refractivity contribution is 8.13. The molecule has 2 atom stereocenters. The van der Waals surface area contributed by atoms with E-state index in [1.807, 2.05) is 0 Å². The monoisotopic (exact) mass is 660 g/mol. The van der Waals surface area contributed by atoms with Gasteiger partial charge in [-0.25, -0.2) is 34.8 Å². The normalized spacial score (nSPS) is 13.4. The Labute approximate surface area is 247 Å². The third-order valence-corrected chi connectivity index (χ3v) is 10.4. The van der Waals surface area contributed by atoms with E-state index in [4.69, 9.17) is 29.6 Å². The minimum Gasteiger partial charge on any atom is -0.478 e. The minimum atomic E-state index is -4.57. The molecule has 0 saturated heterocycles. The van der Waals surface area contributed by atoms with Crippen LogP contribution in [-0.2, 0) is 47.8 Å². The summed E-state index contributed by atoms with van der Waals surface area (Å²) in [5, 5.41) is 0. The number of halogens is 1. The Hall–Kier alpha value is -3.66. The maximum absolute atomic E-state index is 13.3. The molecular weight excluding hydrogens is 636 g/mol. The highest BCUT2D eigenvalue weighted by Gasteiger charge is 2.38. The summed E-state index contributed by atoms with van der Waals surface area (Å²) >= 11 is 0. The van der Waals surface area contributed by atoms with E-state index in [1.165, 1.54) is 55.5 Å². The van der Waals surface area contributed by atoms with Gasteiger partial charge in [-0.3, -0.25) is 0 Å². The van der Waals surface area contributed by atoms with Crippen LogP contribution >= 0.6 is 10.7 Å². The standard InChI is InChI=1S/C26H25ClO12S3/c1-3-36-25(29)26(41(32,33)20-12-8-5-9-13-20)39-23-16-21(42(27,34)35)14-15-22(23)37-17-24(28)38-18(2)40(30,31)19-10-6-4-7-11-19/h4-16,18,26H,3,17H2,1-2H3. The molecule has 0 aliphatic rings. The lowest BCUT2D eigenvalue weighted by Crippen LogP contribution is -2.37. The zero-order chi connectivity index (χ0) is 31.1. The number of benzene rings is 3. The largest absolute Gasteiger partial charge is 0.478 e. The first-order chi connectivity index (χ1) is 19.7. The smallest absolute Gasteiger partial charge is 0.363 e. The molecule has 2 unspecified atom stereocenters. The molecule has 0 aromatic heterocycles. The van der Waals surface area contributed by atoms with Crippen molar-refractivity contribution in [2.75, 3.05) is 13.2 Å². The molecular formula is C26H25ClO12S3. The van der Waals surface area contributed by atoms with Crippen LogP contribution < -0.4 is 9.47 Å². The van der Waals surface area contributed by atoms with Gasteiger partial charge in [-0.2, -0.15) is 0 Å². The molecule has 0 bridgehead atoms. The predicted octanol–water partition coefficient (Wildman–Crippen LogP) is 3.10. The molecule has 12 nitrogen and oxygen atoms in total. The first kappa shape index (κ1) is 32.8. The Morgan fingerprint density at radius 2 is 1.31 bits per heavy atom. The summed E-state index contributed by atoms with van der Waals surface area (Å²) in [6.07, 6.45) is 0. The van der Waals surface area contributed by atoms with Crippen molar-refractivity contribution in [1.29, 1.82) is 0 Å². The fraction of sp³-hybridized carbons (Fsp3) is 0.231. The first-order valence-corrected chi connectivity index (χ1v) is 17.4. The summed E-state index contributed by atoms with van der Waals surface area (Å²) in [4.78, 5) is 24.3. The van der Waals surface area contributed by atoms with Crippen molar-refractivity contribution in [3.63, 3.8) is 0 Å². The van der Waals surface area contributed by atoms with Crippen molar-refractivity contribution < 1.29 is 53.8 Å². The fourth-order valence-corrected chi connectivity index (χ4v) is 6.63. The summed E-state index contributed by atoms with van der Waals surface area (Å²) in [6, 6.07) is 16.8. The number of sulfone groups is 2. The second-order valence-electron chi connectivity index (χ2n) is 8.31. The molecule has 0 fully saturated rings. The molecule has 16 heteroatoms. The van der Waals surface area contributed by atoms with Gasteiger partial charge in [-0.05, 0) is 50.2 Å². The van der Waals surface area contributed by atoms with Crippen molar-refractivity contribution >= 4 is 51.3 Å². The van der Waals surface area contributed by atoms with E-state index in [9.17, 15) is 34.8 Å². The maximum Gasteiger partial charge on any atom is 0.363 e. The zero-order valence-corrected chi connectivity index (χ0v) is 25.3. The van der Waals surface area contributed by atoms with Gasteiger partial charge >= 0.3 is 11.9 Å². The molecule has 0 saturated carbocycles. The van der Waals surface area contributed by atoms with Crippen LogP contribution in [0.15, 0.2) is 93.5 Å². The second-order valence-corrected chi connectivity index (χ2v) is 15.1. The van der Waals surface area contributed by atoms with Crippen LogP contribution in [0, 0.1) is 0 Å². The third-order valence-electron chi connectivity index (χ3n) is 5.41. The van der Waals surface area contributed by atoms with Crippen molar-refractivity contribution in [2.24, 2.45) is 0 Å². The number of carbonyl (C=O) groups excluding carboxylic acids is 2. The molecule has 0 radical (unpaired) electrons. The van der Waals surface area contributed by atoms with Gasteiger partial charge in [0.05, 0.1) is 21.3 Å². The molecule has 3 rings (SSSR count). The third kappa shape index (κ3) is 8.00. The van der Waals surface area contributed by atoms with Gasteiger partial charge in [-0.15, -0.1) is 0 Å². The molecule has 3 aromatic carbocycles. The van der Waals surface area contributed by atoms with E-state index >= 15 is 0 Å². The average Bonchev–Trinajstić information content (AvgIpc) is 2.95. The van der Waals surface area contributed by atoms with Crippen LogP contribution in [0.3, 0.4) is 0 Å². The van der Waals surface area contributed by atoms with Crippen LogP contribution in [0.5, 0.6) is 11.5 Å². The number of hydrogen-bond acceptors (Lipinski definition) is 12. The van der Waals surface area contributed by atoms with E-state index in [1.54, 1.807) is 12.1 Å². The van der Waals surface area contributed by atoms with Gasteiger partial charge in [0.2, 0.25) is 25.1 Å². The van der Waals surface area contributed by atoms with Gasteiger partial charge in [-0.1, -0.05) is 36.4 Å². The van der Waals surface area contributed by atoms with Crippen LogP contribution in [0.2, 0.25) is 0 Å². The van der Waals surface area contributed by atoms with Crippen LogP contribution in [0.1, 0.15) is 13.8 Å². The molecule has 0 N–H and O–H groups in total. The van der Waals surface area contributed by atoms with Crippen LogP contribution in [0.4, 0.5) is 0 Å². The van der Waals surface area contributed by atoms with Gasteiger partial charge in [0.25, 0.3) is 14.5 Å². The van der Waals surface area contributed by atoms with Crippen molar-refractivity contribution in [2.45, 2.75) is 39.4 Å². The molecule has 0 heterocycles. The topological polar surface area (TPSA) is 173 Å². The molecule has 3 aromatic rings. The van der Waals surface area contributed by atoms with E-state index in [0.29, 0.717) is 0 Å². The Balaban J connectivity index is 1.91.